The Balaban J connectivity index is 1.66. The third-order valence-corrected chi connectivity index (χ3v) is 5.81. The molecule has 1 aliphatic heterocycles. The van der Waals surface area contributed by atoms with Gasteiger partial charge in [-0.25, -0.2) is 8.78 Å². The van der Waals surface area contributed by atoms with Crippen LogP contribution in [0.25, 0.3) is 0 Å². The summed E-state index contributed by atoms with van der Waals surface area (Å²) in [5.41, 5.74) is 3.21. The molecule has 0 unspecified atom stereocenters. The zero-order valence-corrected chi connectivity index (χ0v) is 16.4. The zero-order valence-electron chi connectivity index (χ0n) is 15.7. The number of hydrogen-bond acceptors (Lipinski definition) is 1. The maximum Gasteiger partial charge on any atom is 0.149 e. The normalized spacial score (nSPS) is 15.7. The van der Waals surface area contributed by atoms with Gasteiger partial charge in [-0.3, -0.25) is 0 Å². The van der Waals surface area contributed by atoms with E-state index in [4.69, 9.17) is 11.6 Å². The van der Waals surface area contributed by atoms with Gasteiger partial charge in [0.1, 0.15) is 17.3 Å². The summed E-state index contributed by atoms with van der Waals surface area (Å²) in [5.74, 6) is -0.240. The molecule has 1 saturated heterocycles. The number of benzene rings is 2. The number of nitrogens with zero attached hydrogens (tertiary/aromatic N) is 1. The number of hydrogen-bond donors (Lipinski definition) is 0. The van der Waals surface area contributed by atoms with E-state index in [9.17, 15) is 8.78 Å². The average Bonchev–Trinajstić information content (AvgIpc) is 2.59. The summed E-state index contributed by atoms with van der Waals surface area (Å²) in [6.07, 6.45) is 2.86. The first-order valence-corrected chi connectivity index (χ1v) is 9.72. The summed E-state index contributed by atoms with van der Waals surface area (Å²) >= 11 is 6.09. The van der Waals surface area contributed by atoms with Crippen LogP contribution in [-0.2, 0) is 6.42 Å². The fourth-order valence-corrected chi connectivity index (χ4v) is 3.87. The first-order valence-electron chi connectivity index (χ1n) is 9.34. The van der Waals surface area contributed by atoms with Crippen molar-refractivity contribution in [1.82, 2.24) is 0 Å². The highest BCUT2D eigenvalue weighted by Crippen LogP contribution is 2.32. The topological polar surface area (TPSA) is 3.24 Å². The molecular formula is C22H26ClF2N. The quantitative estimate of drug-likeness (QED) is 0.587. The molecule has 1 nitrogen and oxygen atoms in total. The van der Waals surface area contributed by atoms with Gasteiger partial charge in [-0.15, -0.1) is 0 Å². The van der Waals surface area contributed by atoms with Gasteiger partial charge in [-0.1, -0.05) is 37.6 Å². The second-order valence-corrected chi connectivity index (χ2v) is 8.11. The van der Waals surface area contributed by atoms with Gasteiger partial charge in [-0.05, 0) is 72.9 Å². The molecule has 0 N–H and O–H groups in total. The van der Waals surface area contributed by atoms with Gasteiger partial charge in [0.2, 0.25) is 0 Å². The molecule has 0 spiro atoms. The molecule has 0 aromatic heterocycles. The molecule has 0 bridgehead atoms. The van der Waals surface area contributed by atoms with Crippen molar-refractivity contribution < 1.29 is 8.78 Å². The van der Waals surface area contributed by atoms with Crippen LogP contribution in [0.3, 0.4) is 0 Å². The molecule has 0 saturated carbocycles. The Bertz CT molecular complexity index is 757. The van der Waals surface area contributed by atoms with E-state index in [1.54, 1.807) is 0 Å². The van der Waals surface area contributed by atoms with Crippen molar-refractivity contribution in [3.63, 3.8) is 0 Å². The highest BCUT2D eigenvalue weighted by molar-refractivity contribution is 6.31. The van der Waals surface area contributed by atoms with E-state index >= 15 is 0 Å². The van der Waals surface area contributed by atoms with Crippen molar-refractivity contribution in [2.24, 2.45) is 5.92 Å². The summed E-state index contributed by atoms with van der Waals surface area (Å²) in [4.78, 5) is 1.86. The Morgan fingerprint density at radius 1 is 1.08 bits per heavy atom. The maximum atomic E-state index is 14.5. The Morgan fingerprint density at radius 3 is 2.23 bits per heavy atom. The molecule has 140 valence electrons. The van der Waals surface area contributed by atoms with Crippen molar-refractivity contribution in [2.75, 3.05) is 18.0 Å². The second-order valence-electron chi connectivity index (χ2n) is 7.71. The predicted molar refractivity (Wildman–Crippen MR) is 105 cm³/mol. The van der Waals surface area contributed by atoms with Crippen LogP contribution in [0.15, 0.2) is 30.3 Å². The van der Waals surface area contributed by atoms with E-state index in [0.717, 1.165) is 29.8 Å². The van der Waals surface area contributed by atoms with Crippen LogP contribution >= 0.6 is 11.6 Å². The first-order chi connectivity index (χ1) is 12.3. The molecule has 1 fully saturated rings. The molecule has 0 atom stereocenters. The molecule has 0 amide bonds. The fourth-order valence-electron chi connectivity index (χ4n) is 3.75. The van der Waals surface area contributed by atoms with Crippen LogP contribution in [0.1, 0.15) is 49.3 Å². The van der Waals surface area contributed by atoms with Gasteiger partial charge < -0.3 is 4.90 Å². The largest absolute Gasteiger partial charge is 0.367 e. The lowest BCUT2D eigenvalue weighted by Gasteiger charge is -2.34. The van der Waals surface area contributed by atoms with Gasteiger partial charge >= 0.3 is 0 Å². The van der Waals surface area contributed by atoms with E-state index in [-0.39, 0.29) is 11.6 Å². The van der Waals surface area contributed by atoms with E-state index < -0.39 is 11.6 Å². The number of aryl methyl sites for hydroxylation is 1. The average molecular weight is 378 g/mol. The molecule has 3 rings (SSSR count). The minimum Gasteiger partial charge on any atom is -0.367 e. The van der Waals surface area contributed by atoms with Gasteiger partial charge in [0, 0.05) is 18.1 Å². The molecule has 0 aliphatic carbocycles. The summed E-state index contributed by atoms with van der Waals surface area (Å²) in [6, 6.07) is 9.12. The Morgan fingerprint density at radius 2 is 1.69 bits per heavy atom. The lowest BCUT2D eigenvalue weighted by Crippen LogP contribution is -2.35. The highest BCUT2D eigenvalue weighted by Gasteiger charge is 2.24. The molecule has 26 heavy (non-hydrogen) atoms. The molecule has 0 radical (unpaired) electrons. The van der Waals surface area contributed by atoms with Crippen LogP contribution in [0, 0.1) is 24.5 Å². The second kappa shape index (κ2) is 7.96. The van der Waals surface area contributed by atoms with Gasteiger partial charge in [0.05, 0.1) is 0 Å². The van der Waals surface area contributed by atoms with Crippen molar-refractivity contribution >= 4 is 17.3 Å². The number of piperidine rings is 1. The SMILES string of the molecule is Cc1cc(CC2CCN(c3c(F)cc(C(C)C)cc3F)CC2)ccc1Cl. The van der Waals surface area contributed by atoms with Crippen LogP contribution in [0.2, 0.25) is 5.02 Å². The number of rotatable bonds is 4. The lowest BCUT2D eigenvalue weighted by molar-refractivity contribution is 0.397. The van der Waals surface area contributed by atoms with Gasteiger partial charge in [0.25, 0.3) is 0 Å². The standard InChI is InChI=1S/C22H26ClF2N/c1-14(2)18-12-20(24)22(21(25)13-18)26-8-6-16(7-9-26)11-17-4-5-19(23)15(3)10-17/h4-5,10,12-14,16H,6-9,11H2,1-3H3. The monoisotopic (exact) mass is 377 g/mol. The number of anilines is 1. The Labute approximate surface area is 160 Å². The third-order valence-electron chi connectivity index (χ3n) is 5.38. The molecule has 2 aromatic carbocycles. The molecule has 1 aliphatic rings. The van der Waals surface area contributed by atoms with Crippen LogP contribution in [0.5, 0.6) is 0 Å². The molecular weight excluding hydrogens is 352 g/mol. The maximum absolute atomic E-state index is 14.5. The Kier molecular flexibility index (Phi) is 5.86. The van der Waals surface area contributed by atoms with Crippen LogP contribution in [-0.4, -0.2) is 13.1 Å². The predicted octanol–water partition coefficient (Wildman–Crippen LogP) is 6.51. The number of halogens is 3. The summed E-state index contributed by atoms with van der Waals surface area (Å²) in [7, 11) is 0. The minimum atomic E-state index is -0.444. The lowest BCUT2D eigenvalue weighted by atomic mass is 9.89. The highest BCUT2D eigenvalue weighted by atomic mass is 35.5. The summed E-state index contributed by atoms with van der Waals surface area (Å²) < 4.78 is 29.0. The van der Waals surface area contributed by atoms with Crippen molar-refractivity contribution in [3.8, 4) is 0 Å². The van der Waals surface area contributed by atoms with Crippen molar-refractivity contribution in [2.45, 2.75) is 46.0 Å². The van der Waals surface area contributed by atoms with Crippen LogP contribution in [0.4, 0.5) is 14.5 Å². The molecule has 1 heterocycles. The van der Waals surface area contributed by atoms with Crippen molar-refractivity contribution in [1.29, 1.82) is 0 Å². The summed E-state index contributed by atoms with van der Waals surface area (Å²) in [6.45, 7) is 7.27. The third kappa shape index (κ3) is 4.20. The van der Waals surface area contributed by atoms with E-state index in [0.29, 0.717) is 24.6 Å². The van der Waals surface area contributed by atoms with Gasteiger partial charge in [-0.2, -0.15) is 0 Å². The van der Waals surface area contributed by atoms with E-state index in [1.807, 2.05) is 31.7 Å². The van der Waals surface area contributed by atoms with Gasteiger partial charge in [0.15, 0.2) is 0 Å². The molecule has 2 aromatic rings. The zero-order chi connectivity index (χ0) is 18.8. The van der Waals surface area contributed by atoms with Crippen molar-refractivity contribution in [3.05, 3.63) is 63.7 Å². The summed E-state index contributed by atoms with van der Waals surface area (Å²) in [5, 5.41) is 0.791. The van der Waals surface area contributed by atoms with E-state index in [1.165, 1.54) is 17.7 Å². The minimum absolute atomic E-state index is 0.113. The van der Waals surface area contributed by atoms with Crippen LogP contribution < -0.4 is 4.90 Å². The fraction of sp³-hybridized carbons (Fsp3) is 0.455. The Hall–Kier alpha value is -1.61. The van der Waals surface area contributed by atoms with E-state index in [2.05, 4.69) is 12.1 Å². The smallest absolute Gasteiger partial charge is 0.149 e. The molecule has 4 heteroatoms. The first kappa shape index (κ1) is 19.2.